The van der Waals surface area contributed by atoms with Gasteiger partial charge in [-0.25, -0.2) is 0 Å². The second-order valence-corrected chi connectivity index (χ2v) is 4.59. The molecular weight excluding hydrogens is 217 g/mol. The molecule has 0 aliphatic rings. The Morgan fingerprint density at radius 2 is 1.69 bits per heavy atom. The Bertz CT molecular complexity index is 375. The zero-order valence-electron chi connectivity index (χ0n) is 9.48. The smallest absolute Gasteiger partial charge is 0.405 e. The molecule has 1 nitrogen and oxygen atoms in total. The zero-order valence-corrected chi connectivity index (χ0v) is 9.48. The van der Waals surface area contributed by atoms with Crippen LogP contribution in [0.25, 0.3) is 0 Å². The number of halogens is 3. The third-order valence-corrected chi connectivity index (χ3v) is 2.12. The summed E-state index contributed by atoms with van der Waals surface area (Å²) in [6, 6.07) is 4.79. The first-order valence-corrected chi connectivity index (χ1v) is 4.82. The van der Waals surface area contributed by atoms with Crippen LogP contribution in [0.2, 0.25) is 0 Å². The largest absolute Gasteiger partial charge is 0.573 e. The fourth-order valence-corrected chi connectivity index (χ4v) is 1.41. The van der Waals surface area contributed by atoms with Crippen molar-refractivity contribution in [2.24, 2.45) is 0 Å². The Kier molecular flexibility index (Phi) is 3.22. The molecule has 0 heterocycles. The van der Waals surface area contributed by atoms with Crippen molar-refractivity contribution in [3.8, 4) is 5.75 Å². The third-order valence-electron chi connectivity index (χ3n) is 2.12. The zero-order chi connectivity index (χ0) is 12.6. The van der Waals surface area contributed by atoms with Crippen LogP contribution < -0.4 is 4.74 Å². The lowest BCUT2D eigenvalue weighted by molar-refractivity contribution is -0.275. The van der Waals surface area contributed by atoms with E-state index in [-0.39, 0.29) is 11.3 Å². The van der Waals surface area contributed by atoms with Gasteiger partial charge >= 0.3 is 6.36 Å². The minimum Gasteiger partial charge on any atom is -0.405 e. The van der Waals surface area contributed by atoms with Gasteiger partial charge in [0.2, 0.25) is 0 Å². The van der Waals surface area contributed by atoms with Crippen LogP contribution in [-0.2, 0) is 5.41 Å². The predicted molar refractivity (Wildman–Crippen MR) is 56.3 cm³/mol. The molecule has 0 aliphatic heterocycles. The van der Waals surface area contributed by atoms with E-state index in [0.29, 0.717) is 5.56 Å². The molecule has 1 radical (unpaired) electrons. The molecule has 0 saturated heterocycles. The molecule has 0 aliphatic carbocycles. The number of hydrogen-bond acceptors (Lipinski definition) is 1. The molecule has 0 N–H and O–H groups in total. The van der Waals surface area contributed by atoms with Gasteiger partial charge in [0.25, 0.3) is 0 Å². The molecule has 1 aromatic carbocycles. The van der Waals surface area contributed by atoms with Crippen molar-refractivity contribution < 1.29 is 17.9 Å². The Morgan fingerprint density at radius 1 is 1.12 bits per heavy atom. The van der Waals surface area contributed by atoms with E-state index in [1.165, 1.54) is 6.07 Å². The van der Waals surface area contributed by atoms with Crippen molar-refractivity contribution in [3.63, 3.8) is 0 Å². The second kappa shape index (κ2) is 4.00. The molecule has 89 valence electrons. The third kappa shape index (κ3) is 3.15. The van der Waals surface area contributed by atoms with Gasteiger partial charge in [-0.2, -0.15) is 0 Å². The van der Waals surface area contributed by atoms with E-state index >= 15 is 0 Å². The van der Waals surface area contributed by atoms with Crippen molar-refractivity contribution in [2.75, 3.05) is 0 Å². The molecule has 1 aromatic rings. The van der Waals surface area contributed by atoms with Crippen LogP contribution in [0, 0.1) is 6.92 Å². The van der Waals surface area contributed by atoms with E-state index < -0.39 is 11.8 Å². The Balaban J connectivity index is 3.25. The minimum absolute atomic E-state index is 0.192. The molecule has 0 unspecified atom stereocenters. The van der Waals surface area contributed by atoms with Gasteiger partial charge in [-0.3, -0.25) is 0 Å². The molecule has 0 spiro atoms. The van der Waals surface area contributed by atoms with Crippen molar-refractivity contribution in [3.05, 3.63) is 36.2 Å². The Morgan fingerprint density at radius 3 is 2.12 bits per heavy atom. The van der Waals surface area contributed by atoms with E-state index in [4.69, 9.17) is 0 Å². The standard InChI is InChI=1S/C12H14F3O/c1-8-6-5-7-9(11(2,3)4)10(8)16-12(13,14)15/h5-7H,1H2,2-4H3. The van der Waals surface area contributed by atoms with Crippen LogP contribution in [0.3, 0.4) is 0 Å². The Labute approximate surface area is 93.2 Å². The minimum atomic E-state index is -4.69. The summed E-state index contributed by atoms with van der Waals surface area (Å²) in [6.07, 6.45) is -4.69. The van der Waals surface area contributed by atoms with Gasteiger partial charge in [0.1, 0.15) is 5.75 Å². The lowest BCUT2D eigenvalue weighted by atomic mass is 9.85. The van der Waals surface area contributed by atoms with Crippen LogP contribution in [0.1, 0.15) is 31.9 Å². The van der Waals surface area contributed by atoms with E-state index in [9.17, 15) is 13.2 Å². The SMILES string of the molecule is [CH2]c1cccc(C(C)(C)C)c1OC(F)(F)F. The fraction of sp³-hybridized carbons (Fsp3) is 0.417. The monoisotopic (exact) mass is 231 g/mol. The maximum atomic E-state index is 12.2. The molecule has 16 heavy (non-hydrogen) atoms. The highest BCUT2D eigenvalue weighted by Gasteiger charge is 2.34. The van der Waals surface area contributed by atoms with E-state index in [2.05, 4.69) is 11.7 Å². The molecule has 0 fully saturated rings. The molecule has 4 heteroatoms. The summed E-state index contributed by atoms with van der Waals surface area (Å²) in [5, 5.41) is 0. The summed E-state index contributed by atoms with van der Waals surface area (Å²) in [4.78, 5) is 0. The van der Waals surface area contributed by atoms with Crippen molar-refractivity contribution in [1.82, 2.24) is 0 Å². The van der Waals surface area contributed by atoms with Crippen LogP contribution in [0.4, 0.5) is 13.2 Å². The molecule has 0 saturated carbocycles. The van der Waals surface area contributed by atoms with Crippen LogP contribution in [0.15, 0.2) is 18.2 Å². The predicted octanol–water partition coefficient (Wildman–Crippen LogP) is 4.06. The summed E-state index contributed by atoms with van der Waals surface area (Å²) < 4.78 is 40.7. The van der Waals surface area contributed by atoms with Crippen molar-refractivity contribution in [1.29, 1.82) is 0 Å². The highest BCUT2D eigenvalue weighted by atomic mass is 19.4. The second-order valence-electron chi connectivity index (χ2n) is 4.59. The number of ether oxygens (including phenoxy) is 1. The van der Waals surface area contributed by atoms with Gasteiger partial charge in [-0.15, -0.1) is 13.2 Å². The van der Waals surface area contributed by atoms with Gasteiger partial charge in [-0.05, 0) is 17.9 Å². The number of para-hydroxylation sites is 1. The first-order valence-electron chi connectivity index (χ1n) is 4.82. The molecule has 0 bridgehead atoms. The first kappa shape index (κ1) is 12.9. The van der Waals surface area contributed by atoms with E-state index in [1.807, 2.05) is 20.8 Å². The lowest BCUT2D eigenvalue weighted by Gasteiger charge is -2.24. The summed E-state index contributed by atoms with van der Waals surface area (Å²) >= 11 is 0. The molecule has 0 amide bonds. The topological polar surface area (TPSA) is 9.23 Å². The fourth-order valence-electron chi connectivity index (χ4n) is 1.41. The molecular formula is C12H14F3O. The average molecular weight is 231 g/mol. The molecule has 0 atom stereocenters. The van der Waals surface area contributed by atoms with Crippen LogP contribution >= 0.6 is 0 Å². The number of alkyl halides is 3. The number of benzene rings is 1. The van der Waals surface area contributed by atoms with Gasteiger partial charge < -0.3 is 4.74 Å². The van der Waals surface area contributed by atoms with Crippen LogP contribution in [0.5, 0.6) is 5.75 Å². The van der Waals surface area contributed by atoms with Gasteiger partial charge in [-0.1, -0.05) is 39.0 Å². The highest BCUT2D eigenvalue weighted by Crippen LogP contribution is 2.36. The summed E-state index contributed by atoms with van der Waals surface area (Å²) in [5.41, 5.74) is 0.316. The van der Waals surface area contributed by atoms with Gasteiger partial charge in [0.15, 0.2) is 0 Å². The normalized spacial score (nSPS) is 12.7. The maximum absolute atomic E-state index is 12.2. The van der Waals surface area contributed by atoms with Gasteiger partial charge in [0.05, 0.1) is 0 Å². The lowest BCUT2D eigenvalue weighted by Crippen LogP contribution is -2.22. The molecule has 1 rings (SSSR count). The highest BCUT2D eigenvalue weighted by molar-refractivity contribution is 5.46. The quantitative estimate of drug-likeness (QED) is 0.708. The van der Waals surface area contributed by atoms with E-state index in [0.717, 1.165) is 0 Å². The number of hydrogen-bond donors (Lipinski definition) is 0. The number of rotatable bonds is 1. The van der Waals surface area contributed by atoms with Crippen molar-refractivity contribution >= 4 is 0 Å². The first-order chi connectivity index (χ1) is 7.11. The average Bonchev–Trinajstić information content (AvgIpc) is 2.04. The Hall–Kier alpha value is -1.19. The maximum Gasteiger partial charge on any atom is 0.573 e. The van der Waals surface area contributed by atoms with Crippen molar-refractivity contribution in [2.45, 2.75) is 32.5 Å². The summed E-state index contributed by atoms with van der Waals surface area (Å²) in [6.45, 7) is 9.03. The van der Waals surface area contributed by atoms with Gasteiger partial charge in [0, 0.05) is 5.56 Å². The summed E-state index contributed by atoms with van der Waals surface area (Å²) in [5.74, 6) is -0.192. The molecule has 0 aromatic heterocycles. The van der Waals surface area contributed by atoms with E-state index in [1.54, 1.807) is 12.1 Å². The summed E-state index contributed by atoms with van der Waals surface area (Å²) in [7, 11) is 0. The van der Waals surface area contributed by atoms with Crippen LogP contribution in [-0.4, -0.2) is 6.36 Å².